The first kappa shape index (κ1) is 25.8. The van der Waals surface area contributed by atoms with Crippen molar-refractivity contribution in [3.63, 3.8) is 0 Å². The Morgan fingerprint density at radius 2 is 2.09 bits per heavy atom. The molecule has 2 unspecified atom stereocenters. The summed E-state index contributed by atoms with van der Waals surface area (Å²) in [4.78, 5) is 18.1. The molecule has 180 valence electrons. The summed E-state index contributed by atoms with van der Waals surface area (Å²) in [5.41, 5.74) is 1.73. The van der Waals surface area contributed by atoms with Crippen molar-refractivity contribution < 1.29 is 19.0 Å². The molecule has 0 bridgehead atoms. The van der Waals surface area contributed by atoms with Gasteiger partial charge >= 0.3 is 6.09 Å². The first-order valence-electron chi connectivity index (χ1n) is 11.3. The quantitative estimate of drug-likeness (QED) is 0.469. The molecule has 8 nitrogen and oxygen atoms in total. The van der Waals surface area contributed by atoms with Crippen LogP contribution in [0.3, 0.4) is 0 Å². The highest BCUT2D eigenvalue weighted by Gasteiger charge is 2.21. The number of ether oxygens (including phenoxy) is 3. The maximum atomic E-state index is 12.2. The minimum absolute atomic E-state index is 0.107. The second-order valence-corrected chi connectivity index (χ2v) is 9.49. The third-order valence-corrected chi connectivity index (χ3v) is 4.98. The zero-order valence-electron chi connectivity index (χ0n) is 20.7. The van der Waals surface area contributed by atoms with E-state index in [2.05, 4.69) is 47.7 Å². The average molecular weight is 449 g/mol. The lowest BCUT2D eigenvalue weighted by atomic mass is 10.1. The second-order valence-electron chi connectivity index (χ2n) is 9.49. The van der Waals surface area contributed by atoms with Crippen molar-refractivity contribution in [1.29, 1.82) is 0 Å². The van der Waals surface area contributed by atoms with Crippen LogP contribution < -0.4 is 15.4 Å². The maximum absolute atomic E-state index is 12.2. The van der Waals surface area contributed by atoms with Crippen molar-refractivity contribution in [2.24, 2.45) is 10.9 Å². The summed E-state index contributed by atoms with van der Waals surface area (Å²) in [5.74, 6) is 1.80. The summed E-state index contributed by atoms with van der Waals surface area (Å²) in [6, 6.07) is 6.24. The van der Waals surface area contributed by atoms with Crippen molar-refractivity contribution >= 4 is 12.1 Å². The minimum Gasteiger partial charge on any atom is -0.488 e. The molecule has 1 saturated heterocycles. The van der Waals surface area contributed by atoms with Gasteiger partial charge in [0, 0.05) is 45.7 Å². The van der Waals surface area contributed by atoms with Crippen LogP contribution in [0.2, 0.25) is 0 Å². The van der Waals surface area contributed by atoms with Crippen LogP contribution in [0.15, 0.2) is 23.2 Å². The van der Waals surface area contributed by atoms with E-state index in [0.29, 0.717) is 32.2 Å². The predicted molar refractivity (Wildman–Crippen MR) is 127 cm³/mol. The maximum Gasteiger partial charge on any atom is 0.410 e. The van der Waals surface area contributed by atoms with Crippen molar-refractivity contribution in [3.05, 3.63) is 29.3 Å². The van der Waals surface area contributed by atoms with Gasteiger partial charge in [0.15, 0.2) is 5.96 Å². The Morgan fingerprint density at radius 1 is 1.34 bits per heavy atom. The number of carbonyl (C=O) groups is 1. The van der Waals surface area contributed by atoms with Gasteiger partial charge in [-0.2, -0.15) is 0 Å². The van der Waals surface area contributed by atoms with E-state index in [1.807, 2.05) is 20.8 Å². The Balaban J connectivity index is 1.83. The van der Waals surface area contributed by atoms with E-state index in [9.17, 15) is 4.79 Å². The summed E-state index contributed by atoms with van der Waals surface area (Å²) < 4.78 is 17.0. The largest absolute Gasteiger partial charge is 0.488 e. The number of rotatable bonds is 8. The number of hydrogen-bond acceptors (Lipinski definition) is 5. The first-order valence-corrected chi connectivity index (χ1v) is 11.3. The van der Waals surface area contributed by atoms with Crippen LogP contribution in [0.1, 0.15) is 45.2 Å². The molecule has 1 heterocycles. The number of aryl methyl sites for hydroxylation is 1. The fourth-order valence-electron chi connectivity index (χ4n) is 3.32. The van der Waals surface area contributed by atoms with E-state index < -0.39 is 5.60 Å². The number of nitrogens with one attached hydrogen (secondary N) is 2. The molecule has 1 amide bonds. The number of nitrogens with zero attached hydrogens (tertiary/aromatic N) is 2. The van der Waals surface area contributed by atoms with Gasteiger partial charge in [-0.15, -0.1) is 0 Å². The lowest BCUT2D eigenvalue weighted by Crippen LogP contribution is -2.42. The van der Waals surface area contributed by atoms with Crippen LogP contribution in [0, 0.1) is 12.8 Å². The van der Waals surface area contributed by atoms with Gasteiger partial charge in [-0.25, -0.2) is 4.79 Å². The average Bonchev–Trinajstić information content (AvgIpc) is 3.21. The van der Waals surface area contributed by atoms with E-state index in [4.69, 9.17) is 14.2 Å². The predicted octanol–water partition coefficient (Wildman–Crippen LogP) is 3.33. The molecular weight excluding hydrogens is 408 g/mol. The van der Waals surface area contributed by atoms with Crippen LogP contribution >= 0.6 is 0 Å². The summed E-state index contributed by atoms with van der Waals surface area (Å²) in [6.07, 6.45) is 0.710. The normalized spacial score (nSPS) is 17.6. The molecule has 1 aliphatic rings. The summed E-state index contributed by atoms with van der Waals surface area (Å²) >= 11 is 0. The molecule has 2 N–H and O–H groups in total. The smallest absolute Gasteiger partial charge is 0.410 e. The first-order chi connectivity index (χ1) is 15.1. The summed E-state index contributed by atoms with van der Waals surface area (Å²) in [7, 11) is 3.50. The Hall–Kier alpha value is -2.48. The van der Waals surface area contributed by atoms with Crippen LogP contribution in [0.5, 0.6) is 5.75 Å². The molecule has 2 atom stereocenters. The standard InChI is InChI=1S/C24H40N4O4/c1-17-8-9-19(21(12-17)31-20-10-11-30-16-20)14-27-22(25-6)26-13-18(2)15-28(7)23(29)32-24(3,4)5/h8-9,12,18,20H,10-11,13-16H2,1-7H3,(H2,25,26,27). The van der Waals surface area contributed by atoms with Crippen molar-refractivity contribution in [3.8, 4) is 5.75 Å². The molecule has 0 aromatic heterocycles. The minimum atomic E-state index is -0.498. The van der Waals surface area contributed by atoms with Gasteiger partial charge in [0.05, 0.1) is 13.2 Å². The van der Waals surface area contributed by atoms with E-state index in [1.165, 1.54) is 0 Å². The molecule has 1 aliphatic heterocycles. The van der Waals surface area contributed by atoms with Gasteiger partial charge in [-0.05, 0) is 45.2 Å². The van der Waals surface area contributed by atoms with Gasteiger partial charge in [0.1, 0.15) is 17.5 Å². The lowest BCUT2D eigenvalue weighted by molar-refractivity contribution is 0.0278. The third-order valence-electron chi connectivity index (χ3n) is 4.98. The van der Waals surface area contributed by atoms with Gasteiger partial charge in [-0.1, -0.05) is 19.1 Å². The third kappa shape index (κ3) is 8.94. The molecule has 1 fully saturated rings. The number of guanidine groups is 1. The molecule has 2 rings (SSSR count). The van der Waals surface area contributed by atoms with Gasteiger partial charge in [-0.3, -0.25) is 4.99 Å². The second kappa shape index (κ2) is 11.9. The molecule has 0 saturated carbocycles. The fourth-order valence-corrected chi connectivity index (χ4v) is 3.32. The molecule has 0 aliphatic carbocycles. The highest BCUT2D eigenvalue weighted by molar-refractivity contribution is 5.79. The highest BCUT2D eigenvalue weighted by Crippen LogP contribution is 2.23. The number of benzene rings is 1. The SMILES string of the molecule is CN=C(NCc1ccc(C)cc1OC1CCOC1)NCC(C)CN(C)C(=O)OC(C)(C)C. The molecule has 32 heavy (non-hydrogen) atoms. The molecular formula is C24H40N4O4. The van der Waals surface area contributed by atoms with Crippen LogP contribution in [0.4, 0.5) is 4.79 Å². The van der Waals surface area contributed by atoms with Crippen LogP contribution in [-0.2, 0) is 16.0 Å². The highest BCUT2D eigenvalue weighted by atomic mass is 16.6. The summed E-state index contributed by atoms with van der Waals surface area (Å²) in [5, 5.41) is 6.69. The zero-order valence-corrected chi connectivity index (χ0v) is 20.7. The molecule has 8 heteroatoms. The molecule has 0 radical (unpaired) electrons. The Kier molecular flexibility index (Phi) is 9.62. The fraction of sp³-hybridized carbons (Fsp3) is 0.667. The monoisotopic (exact) mass is 448 g/mol. The van der Waals surface area contributed by atoms with E-state index in [1.54, 1.807) is 19.0 Å². The van der Waals surface area contributed by atoms with Gasteiger partial charge in [0.25, 0.3) is 0 Å². The number of aliphatic imine (C=N–C) groups is 1. The Labute approximate surface area is 192 Å². The zero-order chi connectivity index (χ0) is 23.7. The Morgan fingerprint density at radius 3 is 2.72 bits per heavy atom. The topological polar surface area (TPSA) is 84.4 Å². The summed E-state index contributed by atoms with van der Waals surface area (Å²) in [6.45, 7) is 13.0. The molecule has 1 aromatic carbocycles. The number of hydrogen-bond donors (Lipinski definition) is 2. The van der Waals surface area contributed by atoms with E-state index >= 15 is 0 Å². The van der Waals surface area contributed by atoms with Gasteiger partial charge in [0.2, 0.25) is 0 Å². The number of amides is 1. The van der Waals surface area contributed by atoms with Crippen LogP contribution in [-0.4, -0.2) is 69.1 Å². The Bertz CT molecular complexity index is 770. The molecule has 0 spiro atoms. The number of carbonyl (C=O) groups excluding carboxylic acids is 1. The van der Waals surface area contributed by atoms with E-state index in [-0.39, 0.29) is 18.1 Å². The molecule has 1 aromatic rings. The van der Waals surface area contributed by atoms with Crippen LogP contribution in [0.25, 0.3) is 0 Å². The van der Waals surface area contributed by atoms with Crippen molar-refractivity contribution in [2.75, 3.05) is 40.4 Å². The van der Waals surface area contributed by atoms with Crippen molar-refractivity contribution in [1.82, 2.24) is 15.5 Å². The van der Waals surface area contributed by atoms with Crippen molar-refractivity contribution in [2.45, 2.75) is 59.3 Å². The lowest BCUT2D eigenvalue weighted by Gasteiger charge is -2.26. The van der Waals surface area contributed by atoms with E-state index in [0.717, 1.165) is 29.9 Å². The van der Waals surface area contributed by atoms with Gasteiger partial charge < -0.3 is 29.7 Å².